The number of imide groups is 1. The van der Waals surface area contributed by atoms with Crippen molar-refractivity contribution >= 4 is 23.7 Å². The number of anilines is 1. The van der Waals surface area contributed by atoms with Gasteiger partial charge in [-0.25, -0.2) is 0 Å². The molecule has 158 valence electrons. The molecule has 32 heavy (non-hydrogen) atoms. The van der Waals surface area contributed by atoms with Gasteiger partial charge in [-0.3, -0.25) is 19.9 Å². The van der Waals surface area contributed by atoms with Crippen LogP contribution in [-0.2, 0) is 0 Å². The number of hydrazone groups is 1. The Kier molecular flexibility index (Phi) is 6.74. The van der Waals surface area contributed by atoms with Crippen molar-refractivity contribution in [1.82, 2.24) is 4.90 Å². The fourth-order valence-corrected chi connectivity index (χ4v) is 3.50. The van der Waals surface area contributed by atoms with E-state index in [0.29, 0.717) is 24.1 Å². The quantitative estimate of drug-likeness (QED) is 0.193. The predicted octanol–water partition coefficient (Wildman–Crippen LogP) is 4.95. The lowest BCUT2D eigenvalue weighted by atomic mass is 10.1. The van der Waals surface area contributed by atoms with Crippen molar-refractivity contribution in [1.29, 1.82) is 0 Å². The van der Waals surface area contributed by atoms with E-state index in [1.54, 1.807) is 30.5 Å². The molecule has 3 aromatic carbocycles. The van der Waals surface area contributed by atoms with E-state index in [-0.39, 0.29) is 11.8 Å². The summed E-state index contributed by atoms with van der Waals surface area (Å²) in [4.78, 5) is 26.1. The average Bonchev–Trinajstić information content (AvgIpc) is 3.08. The van der Waals surface area contributed by atoms with Crippen LogP contribution in [-0.4, -0.2) is 29.5 Å². The zero-order chi connectivity index (χ0) is 22.2. The van der Waals surface area contributed by atoms with Crippen molar-refractivity contribution in [3.8, 4) is 11.8 Å². The molecule has 1 aliphatic rings. The molecule has 5 nitrogen and oxygen atoms in total. The summed E-state index contributed by atoms with van der Waals surface area (Å²) in [7, 11) is 0. The molecule has 0 saturated heterocycles. The van der Waals surface area contributed by atoms with Gasteiger partial charge in [-0.1, -0.05) is 60.4 Å². The first kappa shape index (κ1) is 21.1. The van der Waals surface area contributed by atoms with Gasteiger partial charge in [0.15, 0.2) is 0 Å². The Morgan fingerprint density at radius 2 is 1.47 bits per heavy atom. The van der Waals surface area contributed by atoms with Gasteiger partial charge in [0.05, 0.1) is 23.0 Å². The minimum absolute atomic E-state index is 0.200. The number of hydrogen-bond acceptors (Lipinski definition) is 4. The third kappa shape index (κ3) is 4.93. The normalized spacial score (nSPS) is 12.6. The molecule has 0 aliphatic carbocycles. The molecule has 1 heterocycles. The topological polar surface area (TPSA) is 61.8 Å². The lowest BCUT2D eigenvalue weighted by Gasteiger charge is -2.12. The zero-order valence-corrected chi connectivity index (χ0v) is 17.6. The number of hydrogen-bond donors (Lipinski definition) is 1. The highest BCUT2D eigenvalue weighted by molar-refractivity contribution is 6.21. The number of carbonyl (C=O) groups is 2. The predicted molar refractivity (Wildman–Crippen MR) is 127 cm³/mol. The summed E-state index contributed by atoms with van der Waals surface area (Å²) in [6.07, 6.45) is 3.99. The fraction of sp³-hybridized carbons (Fsp3) is 0.148. The molecule has 1 aliphatic heterocycles. The molecule has 0 fully saturated rings. The first-order chi connectivity index (χ1) is 15.7. The average molecular weight is 422 g/mol. The Labute approximate surface area is 187 Å². The molecular formula is C27H23N3O2. The van der Waals surface area contributed by atoms with Gasteiger partial charge < -0.3 is 0 Å². The molecule has 0 atom stereocenters. The van der Waals surface area contributed by atoms with Crippen LogP contribution in [0.3, 0.4) is 0 Å². The second kappa shape index (κ2) is 10.2. The van der Waals surface area contributed by atoms with Crippen LogP contribution in [0.5, 0.6) is 0 Å². The van der Waals surface area contributed by atoms with Crippen LogP contribution < -0.4 is 5.43 Å². The van der Waals surface area contributed by atoms with Gasteiger partial charge >= 0.3 is 0 Å². The van der Waals surface area contributed by atoms with E-state index in [4.69, 9.17) is 0 Å². The Morgan fingerprint density at radius 3 is 2.22 bits per heavy atom. The van der Waals surface area contributed by atoms with Crippen molar-refractivity contribution in [3.05, 3.63) is 101 Å². The van der Waals surface area contributed by atoms with E-state index in [9.17, 15) is 9.59 Å². The van der Waals surface area contributed by atoms with Gasteiger partial charge in [-0.15, -0.1) is 0 Å². The first-order valence-corrected chi connectivity index (χ1v) is 10.6. The van der Waals surface area contributed by atoms with Crippen LogP contribution >= 0.6 is 0 Å². The highest BCUT2D eigenvalue weighted by Crippen LogP contribution is 2.22. The van der Waals surface area contributed by atoms with Crippen molar-refractivity contribution in [2.24, 2.45) is 5.10 Å². The Hall–Kier alpha value is -4.17. The second-order valence-electron chi connectivity index (χ2n) is 7.39. The first-order valence-electron chi connectivity index (χ1n) is 10.6. The number of amides is 2. The molecule has 0 spiro atoms. The summed E-state index contributed by atoms with van der Waals surface area (Å²) in [6.45, 7) is 0.419. The highest BCUT2D eigenvalue weighted by atomic mass is 16.2. The number of nitrogens with one attached hydrogen (secondary N) is 1. The smallest absolute Gasteiger partial charge is 0.261 e. The van der Waals surface area contributed by atoms with Crippen LogP contribution in [0.15, 0.2) is 84.0 Å². The molecule has 1 N–H and O–H groups in total. The van der Waals surface area contributed by atoms with Crippen LogP contribution in [0.1, 0.15) is 51.1 Å². The number of nitrogens with zero attached hydrogens (tertiary/aromatic N) is 2. The van der Waals surface area contributed by atoms with Gasteiger partial charge in [0.1, 0.15) is 0 Å². The molecule has 0 radical (unpaired) electrons. The number of benzene rings is 3. The molecule has 5 heteroatoms. The van der Waals surface area contributed by atoms with Gasteiger partial charge in [-0.2, -0.15) is 5.10 Å². The zero-order valence-electron chi connectivity index (χ0n) is 17.6. The lowest BCUT2D eigenvalue weighted by Crippen LogP contribution is -2.30. The van der Waals surface area contributed by atoms with E-state index < -0.39 is 0 Å². The molecule has 0 aromatic heterocycles. The van der Waals surface area contributed by atoms with Crippen molar-refractivity contribution in [3.63, 3.8) is 0 Å². The summed E-state index contributed by atoms with van der Waals surface area (Å²) >= 11 is 0. The van der Waals surface area contributed by atoms with Crippen molar-refractivity contribution in [2.45, 2.75) is 19.3 Å². The minimum Gasteiger partial charge on any atom is -0.279 e. The van der Waals surface area contributed by atoms with Gasteiger partial charge in [0, 0.05) is 24.1 Å². The summed E-state index contributed by atoms with van der Waals surface area (Å²) in [5, 5.41) is 4.29. The number of para-hydroxylation sites is 1. The Bertz CT molecular complexity index is 1170. The molecular weight excluding hydrogens is 398 g/mol. The molecule has 0 unspecified atom stereocenters. The summed E-state index contributed by atoms with van der Waals surface area (Å²) in [5.41, 5.74) is 6.77. The maximum Gasteiger partial charge on any atom is 0.261 e. The summed E-state index contributed by atoms with van der Waals surface area (Å²) < 4.78 is 0. The molecule has 4 rings (SSSR count). The monoisotopic (exact) mass is 421 g/mol. The van der Waals surface area contributed by atoms with E-state index in [2.05, 4.69) is 22.4 Å². The maximum atomic E-state index is 12.4. The highest BCUT2D eigenvalue weighted by Gasteiger charge is 2.34. The van der Waals surface area contributed by atoms with Crippen LogP contribution in [0.25, 0.3) is 0 Å². The van der Waals surface area contributed by atoms with Crippen molar-refractivity contribution in [2.75, 3.05) is 12.0 Å². The van der Waals surface area contributed by atoms with E-state index >= 15 is 0 Å². The van der Waals surface area contributed by atoms with Gasteiger partial charge in [-0.05, 0) is 43.2 Å². The fourth-order valence-electron chi connectivity index (χ4n) is 3.50. The second-order valence-corrected chi connectivity index (χ2v) is 7.39. The van der Waals surface area contributed by atoms with Gasteiger partial charge in [0.2, 0.25) is 0 Å². The molecule has 0 saturated carbocycles. The number of carbonyl (C=O) groups excluding carboxylic acids is 2. The SMILES string of the molecule is O=C1c2ccccc2C(=O)N1CCCCC#Cc1ccccc1C=NNc1ccccc1. The largest absolute Gasteiger partial charge is 0.279 e. The Balaban J connectivity index is 1.27. The van der Waals surface area contributed by atoms with Crippen LogP contribution in [0.2, 0.25) is 0 Å². The number of rotatable bonds is 7. The third-order valence-corrected chi connectivity index (χ3v) is 5.17. The third-order valence-electron chi connectivity index (χ3n) is 5.17. The molecule has 3 aromatic rings. The summed E-state index contributed by atoms with van der Waals surface area (Å²) in [6, 6.07) is 24.6. The van der Waals surface area contributed by atoms with Crippen molar-refractivity contribution < 1.29 is 9.59 Å². The summed E-state index contributed by atoms with van der Waals surface area (Å²) in [5.74, 6) is 6.00. The van der Waals surface area contributed by atoms with E-state index in [1.807, 2.05) is 54.6 Å². The van der Waals surface area contributed by atoms with E-state index in [1.165, 1.54) is 4.90 Å². The minimum atomic E-state index is -0.200. The van der Waals surface area contributed by atoms with Gasteiger partial charge in [0.25, 0.3) is 11.8 Å². The lowest BCUT2D eigenvalue weighted by molar-refractivity contribution is 0.0652. The van der Waals surface area contributed by atoms with E-state index in [0.717, 1.165) is 29.7 Å². The van der Waals surface area contributed by atoms with Crippen LogP contribution in [0.4, 0.5) is 5.69 Å². The number of fused-ring (bicyclic) bond motifs is 1. The standard InChI is InChI=1S/C27H23N3O2/c31-26-24-17-9-10-18-25(24)27(32)30(26)19-11-2-1-4-12-21-13-7-8-14-22(21)20-28-29-23-15-5-3-6-16-23/h3,5-10,13-18,20,29H,1-2,11,19H2. The molecule has 2 amide bonds. The number of unbranched alkanes of at least 4 members (excludes halogenated alkanes) is 2. The Morgan fingerprint density at radius 1 is 0.812 bits per heavy atom. The maximum absolute atomic E-state index is 12.4. The van der Waals surface area contributed by atoms with Crippen LogP contribution in [0, 0.1) is 11.8 Å². The molecule has 0 bridgehead atoms.